The van der Waals surface area contributed by atoms with Gasteiger partial charge in [-0.05, 0) is 71.6 Å². The Morgan fingerprint density at radius 2 is 1.00 bits per heavy atom. The van der Waals surface area contributed by atoms with Gasteiger partial charge in [0, 0.05) is 39.3 Å². The van der Waals surface area contributed by atoms with Gasteiger partial charge in [0.1, 0.15) is 11.5 Å². The van der Waals surface area contributed by atoms with Crippen molar-refractivity contribution in [2.45, 2.75) is 0 Å². The van der Waals surface area contributed by atoms with Crippen LogP contribution in [0.3, 0.4) is 0 Å². The standard InChI is InChI=1S/C53H34BN3O/c1-3-16-35(17-4-1)50-32-33-51(58-50)40-34-55-44-25-15-24-43-53(44)52(40)39-22-9-10-23-41(39)54(43)42-30-31-45(38-21-8-7-20-37(38)42)57-48-28-13-11-26-46(48)56(36-18-5-2-6-19-36)47-27-12-14-29-49(47)57/h1-34H. The molecule has 0 unspecified atom stereocenters. The van der Waals surface area contributed by atoms with Gasteiger partial charge in [0.25, 0.3) is 0 Å². The van der Waals surface area contributed by atoms with Crippen molar-refractivity contribution in [3.63, 3.8) is 0 Å². The van der Waals surface area contributed by atoms with Crippen LogP contribution in [-0.4, -0.2) is 11.7 Å². The summed E-state index contributed by atoms with van der Waals surface area (Å²) in [6, 6.07) is 71.7. The molecule has 10 aromatic rings. The van der Waals surface area contributed by atoms with Crippen LogP contribution in [0.1, 0.15) is 0 Å². The molecule has 4 heterocycles. The lowest BCUT2D eigenvalue weighted by molar-refractivity contribution is 0.597. The number of nitrogens with zero attached hydrogens (tertiary/aromatic N) is 3. The molecule has 270 valence electrons. The molecule has 0 spiro atoms. The van der Waals surface area contributed by atoms with Crippen molar-refractivity contribution in [3.8, 4) is 33.8 Å². The Labute approximate surface area is 337 Å². The summed E-state index contributed by atoms with van der Waals surface area (Å²) in [5.41, 5.74) is 16.0. The number of benzene rings is 8. The highest BCUT2D eigenvalue weighted by Crippen LogP contribution is 2.54. The SMILES string of the molecule is c1ccc(-c2ccc(-c3cnc4cccc5c4c3-c3ccccc3B5c3ccc(N4c5ccccc5N(c5ccccc5)c5ccccc54)c4ccccc34)o2)cc1. The first-order valence-electron chi connectivity index (χ1n) is 19.8. The zero-order chi connectivity index (χ0) is 38.2. The number of hydrogen-bond donors (Lipinski definition) is 0. The second kappa shape index (κ2) is 13.0. The molecule has 5 heteroatoms. The van der Waals surface area contributed by atoms with Gasteiger partial charge in [-0.2, -0.15) is 0 Å². The molecule has 0 saturated carbocycles. The van der Waals surface area contributed by atoms with E-state index in [2.05, 4.69) is 192 Å². The van der Waals surface area contributed by atoms with Crippen LogP contribution in [-0.2, 0) is 0 Å². The Hall–Kier alpha value is -7.63. The van der Waals surface area contributed by atoms with Crippen LogP contribution in [0, 0.1) is 0 Å². The first-order chi connectivity index (χ1) is 28.8. The van der Waals surface area contributed by atoms with E-state index in [4.69, 9.17) is 9.40 Å². The largest absolute Gasteiger partial charge is 0.456 e. The number of rotatable bonds is 5. The smallest absolute Gasteiger partial charge is 0.243 e. The van der Waals surface area contributed by atoms with Gasteiger partial charge in [-0.3, -0.25) is 4.98 Å². The minimum Gasteiger partial charge on any atom is -0.456 e. The number of fused-ring (bicyclic) bond motifs is 5. The Morgan fingerprint density at radius 1 is 0.397 bits per heavy atom. The molecule has 2 aliphatic rings. The van der Waals surface area contributed by atoms with E-state index in [9.17, 15) is 0 Å². The predicted octanol–water partition coefficient (Wildman–Crippen LogP) is 12.1. The second-order valence-electron chi connectivity index (χ2n) is 15.0. The number of furan rings is 1. The summed E-state index contributed by atoms with van der Waals surface area (Å²) >= 11 is 0. The fourth-order valence-electron chi connectivity index (χ4n) is 9.51. The van der Waals surface area contributed by atoms with Crippen molar-refractivity contribution in [2.75, 3.05) is 9.80 Å². The minimum absolute atomic E-state index is 0.0191. The quantitative estimate of drug-likeness (QED) is 0.165. The summed E-state index contributed by atoms with van der Waals surface area (Å²) in [7, 11) is 0. The van der Waals surface area contributed by atoms with Crippen molar-refractivity contribution in [3.05, 3.63) is 206 Å². The topological polar surface area (TPSA) is 32.5 Å². The van der Waals surface area contributed by atoms with Crippen LogP contribution in [0.4, 0.5) is 34.1 Å². The van der Waals surface area contributed by atoms with Crippen LogP contribution < -0.4 is 26.2 Å². The van der Waals surface area contributed by atoms with E-state index in [1.54, 1.807) is 0 Å². The third kappa shape index (κ3) is 4.87. The summed E-state index contributed by atoms with van der Waals surface area (Å²) in [4.78, 5) is 9.91. The molecule has 0 aliphatic carbocycles. The summed E-state index contributed by atoms with van der Waals surface area (Å²) in [5.74, 6) is 1.66. The number of pyridine rings is 1. The third-order valence-electron chi connectivity index (χ3n) is 11.9. The Kier molecular flexibility index (Phi) is 7.29. The maximum atomic E-state index is 6.60. The van der Waals surface area contributed by atoms with Crippen LogP contribution in [0.15, 0.2) is 211 Å². The summed E-state index contributed by atoms with van der Waals surface area (Å²) in [6.07, 6.45) is 1.99. The molecule has 0 fully saturated rings. The van der Waals surface area contributed by atoms with Gasteiger partial charge in [0.05, 0.1) is 34.0 Å². The summed E-state index contributed by atoms with van der Waals surface area (Å²) in [6.45, 7) is -0.0191. The van der Waals surface area contributed by atoms with E-state index >= 15 is 0 Å². The lowest BCUT2D eigenvalue weighted by Gasteiger charge is -2.40. The molecule has 0 bridgehead atoms. The number of anilines is 6. The number of hydrogen-bond acceptors (Lipinski definition) is 4. The van der Waals surface area contributed by atoms with Crippen molar-refractivity contribution in [1.82, 2.24) is 4.98 Å². The van der Waals surface area contributed by atoms with Gasteiger partial charge in [0.2, 0.25) is 6.71 Å². The maximum Gasteiger partial charge on any atom is 0.243 e. The van der Waals surface area contributed by atoms with Crippen molar-refractivity contribution < 1.29 is 4.42 Å². The van der Waals surface area contributed by atoms with Crippen LogP contribution in [0.2, 0.25) is 0 Å². The fraction of sp³-hybridized carbons (Fsp3) is 0. The lowest BCUT2D eigenvalue weighted by atomic mass is 9.33. The van der Waals surface area contributed by atoms with E-state index < -0.39 is 0 Å². The Bertz CT molecular complexity index is 3160. The Balaban J connectivity index is 1.06. The molecule has 0 radical (unpaired) electrons. The summed E-state index contributed by atoms with van der Waals surface area (Å²) in [5, 5.41) is 3.60. The van der Waals surface area contributed by atoms with Gasteiger partial charge in [-0.1, -0.05) is 156 Å². The van der Waals surface area contributed by atoms with Crippen molar-refractivity contribution in [1.29, 1.82) is 0 Å². The third-order valence-corrected chi connectivity index (χ3v) is 11.9. The zero-order valence-electron chi connectivity index (χ0n) is 31.5. The minimum atomic E-state index is -0.0191. The predicted molar refractivity (Wildman–Crippen MR) is 242 cm³/mol. The molecule has 2 aromatic heterocycles. The van der Waals surface area contributed by atoms with E-state index in [0.717, 1.165) is 62.3 Å². The van der Waals surface area contributed by atoms with Crippen molar-refractivity contribution in [2.24, 2.45) is 0 Å². The van der Waals surface area contributed by atoms with Gasteiger partial charge in [0.15, 0.2) is 0 Å². The van der Waals surface area contributed by atoms with Gasteiger partial charge in [-0.25, -0.2) is 0 Å². The maximum absolute atomic E-state index is 6.60. The molecule has 2 aliphatic heterocycles. The van der Waals surface area contributed by atoms with E-state index in [1.807, 2.05) is 24.4 Å². The van der Waals surface area contributed by atoms with Crippen LogP contribution >= 0.6 is 0 Å². The second-order valence-corrected chi connectivity index (χ2v) is 15.0. The van der Waals surface area contributed by atoms with Gasteiger partial charge >= 0.3 is 0 Å². The number of aromatic nitrogens is 1. The van der Waals surface area contributed by atoms with Crippen LogP contribution in [0.25, 0.3) is 55.4 Å². The zero-order valence-corrected chi connectivity index (χ0v) is 31.5. The molecule has 0 N–H and O–H groups in total. The molecular weight excluding hydrogens is 705 g/mol. The highest BCUT2D eigenvalue weighted by Gasteiger charge is 2.36. The van der Waals surface area contributed by atoms with Gasteiger partial charge < -0.3 is 14.2 Å². The van der Waals surface area contributed by atoms with E-state index in [1.165, 1.54) is 43.7 Å². The Morgan fingerprint density at radius 3 is 1.76 bits per heavy atom. The lowest BCUT2D eigenvalue weighted by Crippen LogP contribution is -2.55. The average molecular weight is 740 g/mol. The summed E-state index contributed by atoms with van der Waals surface area (Å²) < 4.78 is 6.60. The van der Waals surface area contributed by atoms with Crippen LogP contribution in [0.5, 0.6) is 0 Å². The molecule has 12 rings (SSSR count). The van der Waals surface area contributed by atoms with Gasteiger partial charge in [-0.15, -0.1) is 0 Å². The molecular formula is C53H34BN3O. The van der Waals surface area contributed by atoms with E-state index in [0.29, 0.717) is 0 Å². The molecule has 0 amide bonds. The molecule has 4 nitrogen and oxygen atoms in total. The number of para-hydroxylation sites is 5. The van der Waals surface area contributed by atoms with Crippen molar-refractivity contribution >= 4 is 78.9 Å². The average Bonchev–Trinajstić information content (AvgIpc) is 3.79. The van der Waals surface area contributed by atoms with E-state index in [-0.39, 0.29) is 6.71 Å². The fourth-order valence-corrected chi connectivity index (χ4v) is 9.51. The normalized spacial score (nSPS) is 12.7. The highest BCUT2D eigenvalue weighted by atomic mass is 16.3. The monoisotopic (exact) mass is 739 g/mol. The molecule has 58 heavy (non-hydrogen) atoms. The first-order valence-corrected chi connectivity index (χ1v) is 19.8. The molecule has 0 atom stereocenters. The molecule has 8 aromatic carbocycles. The highest BCUT2D eigenvalue weighted by molar-refractivity contribution is 6.99. The molecule has 0 saturated heterocycles. The first kappa shape index (κ1) is 32.6.